The Kier molecular flexibility index (Phi) is 5.90. The quantitative estimate of drug-likeness (QED) is 0.324. The van der Waals surface area contributed by atoms with E-state index in [2.05, 4.69) is 0 Å². The van der Waals surface area contributed by atoms with Crippen molar-refractivity contribution in [1.29, 1.82) is 0 Å². The third kappa shape index (κ3) is 4.15. The van der Waals surface area contributed by atoms with Crippen LogP contribution >= 0.6 is 0 Å². The Morgan fingerprint density at radius 1 is 1.00 bits per heavy atom. The van der Waals surface area contributed by atoms with Crippen LogP contribution in [-0.4, -0.2) is 37.0 Å². The summed E-state index contributed by atoms with van der Waals surface area (Å²) in [7, 11) is 2.80. The molecule has 2 rings (SSSR count). The first-order chi connectivity index (χ1) is 12.4. The lowest BCUT2D eigenvalue weighted by molar-refractivity contribution is -0.385. The van der Waals surface area contributed by atoms with Crippen LogP contribution in [0.2, 0.25) is 0 Å². The topological polar surface area (TPSA) is 105 Å². The maximum atomic E-state index is 12.3. The van der Waals surface area contributed by atoms with Gasteiger partial charge in [0.05, 0.1) is 24.7 Å². The minimum Gasteiger partial charge on any atom is -0.497 e. The molecule has 26 heavy (non-hydrogen) atoms. The standard InChI is InChI=1S/C18H17NO7/c1-11(17(20)12-4-7-14(24-2)8-5-12)26-18(21)13-6-9-16(25-3)15(10-13)19(22)23/h4-11H,1-3H3. The Labute approximate surface area is 149 Å². The number of rotatable bonds is 7. The van der Waals surface area contributed by atoms with Crippen LogP contribution in [0.5, 0.6) is 11.5 Å². The molecular formula is C18H17NO7. The smallest absolute Gasteiger partial charge is 0.339 e. The molecule has 1 unspecified atom stereocenters. The Morgan fingerprint density at radius 2 is 1.62 bits per heavy atom. The molecule has 0 amide bonds. The van der Waals surface area contributed by atoms with E-state index in [9.17, 15) is 19.7 Å². The van der Waals surface area contributed by atoms with Crippen LogP contribution in [0.25, 0.3) is 0 Å². The summed E-state index contributed by atoms with van der Waals surface area (Å²) in [6.07, 6.45) is -1.06. The van der Waals surface area contributed by atoms with Crippen LogP contribution in [0.15, 0.2) is 42.5 Å². The van der Waals surface area contributed by atoms with Crippen molar-refractivity contribution in [2.24, 2.45) is 0 Å². The molecule has 8 nitrogen and oxygen atoms in total. The molecule has 0 fully saturated rings. The van der Waals surface area contributed by atoms with Gasteiger partial charge in [-0.3, -0.25) is 14.9 Å². The van der Waals surface area contributed by atoms with E-state index in [1.54, 1.807) is 24.3 Å². The molecule has 8 heteroatoms. The molecule has 0 spiro atoms. The fraction of sp³-hybridized carbons (Fsp3) is 0.222. The van der Waals surface area contributed by atoms with E-state index >= 15 is 0 Å². The minimum absolute atomic E-state index is 0.0221. The molecule has 0 heterocycles. The highest BCUT2D eigenvalue weighted by Gasteiger charge is 2.23. The number of hydrogen-bond acceptors (Lipinski definition) is 7. The van der Waals surface area contributed by atoms with Gasteiger partial charge in [0.1, 0.15) is 5.75 Å². The number of esters is 1. The Bertz CT molecular complexity index is 830. The second kappa shape index (κ2) is 8.11. The van der Waals surface area contributed by atoms with Crippen molar-refractivity contribution in [2.75, 3.05) is 14.2 Å². The molecule has 2 aromatic rings. The summed E-state index contributed by atoms with van der Waals surface area (Å²) in [4.78, 5) is 34.9. The molecule has 0 aliphatic rings. The molecule has 0 saturated heterocycles. The van der Waals surface area contributed by atoms with E-state index < -0.39 is 22.8 Å². The highest BCUT2D eigenvalue weighted by Crippen LogP contribution is 2.28. The highest BCUT2D eigenvalue weighted by molar-refractivity contribution is 6.01. The second-order valence-corrected chi connectivity index (χ2v) is 5.28. The number of nitrogens with zero attached hydrogens (tertiary/aromatic N) is 1. The van der Waals surface area contributed by atoms with E-state index in [-0.39, 0.29) is 17.0 Å². The van der Waals surface area contributed by atoms with E-state index in [0.717, 1.165) is 6.07 Å². The van der Waals surface area contributed by atoms with Crippen LogP contribution in [0.4, 0.5) is 5.69 Å². The number of hydrogen-bond donors (Lipinski definition) is 0. The molecule has 136 valence electrons. The first-order valence-electron chi connectivity index (χ1n) is 7.59. The first kappa shape index (κ1) is 18.9. The van der Waals surface area contributed by atoms with Crippen molar-refractivity contribution in [3.63, 3.8) is 0 Å². The largest absolute Gasteiger partial charge is 0.497 e. The van der Waals surface area contributed by atoms with Gasteiger partial charge in [-0.1, -0.05) is 0 Å². The SMILES string of the molecule is COc1ccc(C(=O)C(C)OC(=O)c2ccc(OC)c([N+](=O)[O-])c2)cc1. The van der Waals surface area contributed by atoms with E-state index in [4.69, 9.17) is 14.2 Å². The molecule has 0 aliphatic carbocycles. The van der Waals surface area contributed by atoms with E-state index in [0.29, 0.717) is 11.3 Å². The molecule has 0 N–H and O–H groups in total. The van der Waals surface area contributed by atoms with Crippen LogP contribution < -0.4 is 9.47 Å². The van der Waals surface area contributed by atoms with Gasteiger partial charge >= 0.3 is 11.7 Å². The van der Waals surface area contributed by atoms with Gasteiger partial charge in [-0.2, -0.15) is 0 Å². The van der Waals surface area contributed by atoms with Gasteiger partial charge in [-0.05, 0) is 43.3 Å². The van der Waals surface area contributed by atoms with Crippen molar-refractivity contribution in [3.8, 4) is 11.5 Å². The predicted molar refractivity (Wildman–Crippen MR) is 91.9 cm³/mol. The van der Waals surface area contributed by atoms with Gasteiger partial charge in [0.25, 0.3) is 0 Å². The molecule has 0 radical (unpaired) electrons. The van der Waals surface area contributed by atoms with Crippen LogP contribution in [-0.2, 0) is 4.74 Å². The predicted octanol–water partition coefficient (Wildman–Crippen LogP) is 3.04. The average Bonchev–Trinajstić information content (AvgIpc) is 2.66. The lowest BCUT2D eigenvalue weighted by atomic mass is 10.1. The van der Waals surface area contributed by atoms with Crippen molar-refractivity contribution < 1.29 is 28.7 Å². The maximum absolute atomic E-state index is 12.3. The molecular weight excluding hydrogens is 342 g/mol. The molecule has 0 aliphatic heterocycles. The maximum Gasteiger partial charge on any atom is 0.339 e. The van der Waals surface area contributed by atoms with Gasteiger partial charge in [-0.15, -0.1) is 0 Å². The monoisotopic (exact) mass is 359 g/mol. The number of Topliss-reactive ketones (excluding diaryl/α,β-unsaturated/α-hetero) is 1. The summed E-state index contributed by atoms with van der Waals surface area (Å²) in [5.74, 6) is -0.625. The Balaban J connectivity index is 2.14. The number of ether oxygens (including phenoxy) is 3. The van der Waals surface area contributed by atoms with Gasteiger partial charge in [0.2, 0.25) is 5.78 Å². The summed E-state index contributed by atoms with van der Waals surface area (Å²) in [6.45, 7) is 1.43. The third-order valence-corrected chi connectivity index (χ3v) is 3.64. The van der Waals surface area contributed by atoms with E-state index in [1.165, 1.54) is 33.3 Å². The second-order valence-electron chi connectivity index (χ2n) is 5.28. The fourth-order valence-electron chi connectivity index (χ4n) is 2.23. The number of benzene rings is 2. The summed E-state index contributed by atoms with van der Waals surface area (Å²) in [6, 6.07) is 10.0. The van der Waals surface area contributed by atoms with Gasteiger partial charge < -0.3 is 14.2 Å². The summed E-state index contributed by atoms with van der Waals surface area (Å²) in [5, 5.41) is 11.0. The third-order valence-electron chi connectivity index (χ3n) is 3.64. The van der Waals surface area contributed by atoms with Crippen molar-refractivity contribution in [1.82, 2.24) is 0 Å². The lowest BCUT2D eigenvalue weighted by Crippen LogP contribution is -2.24. The average molecular weight is 359 g/mol. The van der Waals surface area contributed by atoms with Crippen LogP contribution in [0.3, 0.4) is 0 Å². The zero-order valence-corrected chi connectivity index (χ0v) is 14.4. The number of carbonyl (C=O) groups is 2. The van der Waals surface area contributed by atoms with Crippen LogP contribution in [0.1, 0.15) is 27.6 Å². The summed E-state index contributed by atoms with van der Waals surface area (Å²) in [5.41, 5.74) is -0.0604. The van der Waals surface area contributed by atoms with E-state index in [1.807, 2.05) is 0 Å². The van der Waals surface area contributed by atoms with Crippen molar-refractivity contribution in [3.05, 3.63) is 63.7 Å². The van der Waals surface area contributed by atoms with Gasteiger partial charge in [0, 0.05) is 11.6 Å². The van der Waals surface area contributed by atoms with Gasteiger partial charge in [0.15, 0.2) is 11.9 Å². The highest BCUT2D eigenvalue weighted by atomic mass is 16.6. The van der Waals surface area contributed by atoms with Crippen molar-refractivity contribution in [2.45, 2.75) is 13.0 Å². The van der Waals surface area contributed by atoms with Gasteiger partial charge in [-0.25, -0.2) is 4.79 Å². The minimum atomic E-state index is -1.06. The Morgan fingerprint density at radius 3 is 2.15 bits per heavy atom. The number of carbonyl (C=O) groups excluding carboxylic acids is 2. The molecule has 1 atom stereocenters. The van der Waals surface area contributed by atoms with Crippen molar-refractivity contribution >= 4 is 17.4 Å². The molecule has 0 saturated carbocycles. The number of ketones is 1. The molecule has 0 aromatic heterocycles. The summed E-state index contributed by atoms with van der Waals surface area (Å²) >= 11 is 0. The normalized spacial score (nSPS) is 11.3. The fourth-order valence-corrected chi connectivity index (χ4v) is 2.23. The number of nitro benzene ring substituents is 1. The first-order valence-corrected chi connectivity index (χ1v) is 7.59. The zero-order valence-electron chi connectivity index (χ0n) is 14.4. The molecule has 0 bridgehead atoms. The van der Waals surface area contributed by atoms with Crippen LogP contribution in [0, 0.1) is 10.1 Å². The number of methoxy groups -OCH3 is 2. The number of nitro groups is 1. The zero-order chi connectivity index (χ0) is 19.3. The summed E-state index contributed by atoms with van der Waals surface area (Å²) < 4.78 is 15.0. The lowest BCUT2D eigenvalue weighted by Gasteiger charge is -2.13. The Hall–Kier alpha value is -3.42. The molecule has 2 aromatic carbocycles.